The van der Waals surface area contributed by atoms with Crippen molar-refractivity contribution in [1.29, 1.82) is 0 Å². The molecule has 3 N–H and O–H groups in total. The molecular weight excluding hydrogens is 261 g/mol. The normalized spacial score (nSPS) is 10.1. The largest absolute Gasteiger partial charge is 0.494 e. The molecule has 5 nitrogen and oxygen atoms in total. The van der Waals surface area contributed by atoms with Gasteiger partial charge in [-0.1, -0.05) is 0 Å². The van der Waals surface area contributed by atoms with Crippen molar-refractivity contribution in [3.8, 4) is 5.75 Å². The Morgan fingerprint density at radius 2 is 2.05 bits per heavy atom. The van der Waals surface area contributed by atoms with E-state index in [0.717, 1.165) is 0 Å². The summed E-state index contributed by atoms with van der Waals surface area (Å²) in [5, 5.41) is 2.58. The zero-order valence-corrected chi connectivity index (χ0v) is 10.9. The number of nitrogens with two attached hydrogens (primary N) is 1. The minimum atomic E-state index is -0.823. The lowest BCUT2D eigenvalue weighted by molar-refractivity contribution is 0.102. The molecule has 0 saturated heterocycles. The quantitative estimate of drug-likeness (QED) is 0.898. The van der Waals surface area contributed by atoms with Gasteiger partial charge in [-0.25, -0.2) is 9.37 Å². The fourth-order valence-corrected chi connectivity index (χ4v) is 1.63. The average Bonchev–Trinajstić information content (AvgIpc) is 2.44. The average molecular weight is 275 g/mol. The molecule has 20 heavy (non-hydrogen) atoms. The Kier molecular flexibility index (Phi) is 4.14. The van der Waals surface area contributed by atoms with Crippen LogP contribution < -0.4 is 15.8 Å². The number of nitrogens with one attached hydrogen (secondary N) is 1. The molecule has 104 valence electrons. The topological polar surface area (TPSA) is 77.2 Å². The van der Waals surface area contributed by atoms with Gasteiger partial charge in [0.05, 0.1) is 12.2 Å². The molecule has 0 saturated carbocycles. The molecule has 1 heterocycles. The van der Waals surface area contributed by atoms with Crippen molar-refractivity contribution in [1.82, 2.24) is 4.98 Å². The van der Waals surface area contributed by atoms with Gasteiger partial charge >= 0.3 is 0 Å². The van der Waals surface area contributed by atoms with Crippen molar-refractivity contribution in [3.05, 3.63) is 47.9 Å². The van der Waals surface area contributed by atoms with Crippen molar-refractivity contribution in [2.45, 2.75) is 6.92 Å². The van der Waals surface area contributed by atoms with E-state index in [1.165, 1.54) is 12.3 Å². The second-order valence-electron chi connectivity index (χ2n) is 3.97. The van der Waals surface area contributed by atoms with Gasteiger partial charge in [-0.05, 0) is 37.3 Å². The Labute approximate surface area is 115 Å². The first-order chi connectivity index (χ1) is 9.61. The smallest absolute Gasteiger partial charge is 0.258 e. The minimum absolute atomic E-state index is 0.147. The number of hydrogen-bond acceptors (Lipinski definition) is 4. The highest BCUT2D eigenvalue weighted by molar-refractivity contribution is 6.04. The summed E-state index contributed by atoms with van der Waals surface area (Å²) in [4.78, 5) is 15.5. The lowest BCUT2D eigenvalue weighted by atomic mass is 10.2. The molecule has 0 aliphatic rings. The van der Waals surface area contributed by atoms with Gasteiger partial charge in [0.1, 0.15) is 5.75 Å². The highest BCUT2D eigenvalue weighted by Gasteiger charge is 2.14. The van der Waals surface area contributed by atoms with Crippen molar-refractivity contribution >= 4 is 17.4 Å². The number of aromatic nitrogens is 1. The van der Waals surface area contributed by atoms with Crippen LogP contribution in [0.3, 0.4) is 0 Å². The number of rotatable bonds is 4. The fraction of sp³-hybridized carbons (Fsp3) is 0.143. The maximum Gasteiger partial charge on any atom is 0.258 e. The second kappa shape index (κ2) is 6.01. The Morgan fingerprint density at radius 3 is 2.70 bits per heavy atom. The number of ether oxygens (including phenoxy) is 1. The van der Waals surface area contributed by atoms with Crippen LogP contribution in [0.5, 0.6) is 5.75 Å². The van der Waals surface area contributed by atoms with E-state index < -0.39 is 11.7 Å². The molecule has 0 radical (unpaired) electrons. The molecule has 0 unspecified atom stereocenters. The second-order valence-corrected chi connectivity index (χ2v) is 3.97. The van der Waals surface area contributed by atoms with Crippen LogP contribution in [0, 0.1) is 5.82 Å². The summed E-state index contributed by atoms with van der Waals surface area (Å²) in [6, 6.07) is 8.05. The summed E-state index contributed by atoms with van der Waals surface area (Å²) in [5.74, 6) is -1.01. The molecular formula is C14H14FN3O2. The number of anilines is 2. The maximum atomic E-state index is 13.7. The highest BCUT2D eigenvalue weighted by atomic mass is 19.1. The first kappa shape index (κ1) is 13.8. The van der Waals surface area contributed by atoms with E-state index in [1.807, 2.05) is 6.92 Å². The Morgan fingerprint density at radius 1 is 1.35 bits per heavy atom. The molecule has 0 aliphatic heterocycles. The van der Waals surface area contributed by atoms with Crippen LogP contribution in [0.15, 0.2) is 36.5 Å². The standard InChI is InChI=1S/C14H14FN3O2/c1-2-20-10-5-3-9(4-6-10)18-14(19)11-7-8-17-13(16)12(11)15/h3-8H,2H2,1H3,(H2,16,17)(H,18,19). The molecule has 0 bridgehead atoms. The van der Waals surface area contributed by atoms with Gasteiger partial charge in [-0.2, -0.15) is 0 Å². The molecule has 0 spiro atoms. The van der Waals surface area contributed by atoms with Gasteiger partial charge in [-0.3, -0.25) is 4.79 Å². The minimum Gasteiger partial charge on any atom is -0.494 e. The molecule has 2 aromatic rings. The number of benzene rings is 1. The van der Waals surface area contributed by atoms with Crippen LogP contribution in [0.4, 0.5) is 15.9 Å². The van der Waals surface area contributed by atoms with Gasteiger partial charge in [0.25, 0.3) is 5.91 Å². The molecule has 0 aliphatic carbocycles. The van der Waals surface area contributed by atoms with Crippen LogP contribution in [0.2, 0.25) is 0 Å². The highest BCUT2D eigenvalue weighted by Crippen LogP contribution is 2.18. The van der Waals surface area contributed by atoms with E-state index in [1.54, 1.807) is 24.3 Å². The van der Waals surface area contributed by atoms with Gasteiger partial charge in [0.2, 0.25) is 0 Å². The van der Waals surface area contributed by atoms with Gasteiger partial charge in [0.15, 0.2) is 11.6 Å². The van der Waals surface area contributed by atoms with E-state index >= 15 is 0 Å². The predicted octanol–water partition coefficient (Wildman–Crippen LogP) is 2.45. The van der Waals surface area contributed by atoms with Crippen LogP contribution in [-0.2, 0) is 0 Å². The van der Waals surface area contributed by atoms with Crippen LogP contribution in [0.1, 0.15) is 17.3 Å². The van der Waals surface area contributed by atoms with E-state index in [-0.39, 0.29) is 11.4 Å². The van der Waals surface area contributed by atoms with Crippen LogP contribution >= 0.6 is 0 Å². The number of amides is 1. The van der Waals surface area contributed by atoms with Gasteiger partial charge in [0, 0.05) is 11.9 Å². The maximum absolute atomic E-state index is 13.7. The Bertz CT molecular complexity index is 614. The first-order valence-electron chi connectivity index (χ1n) is 6.06. The third-order valence-corrected chi connectivity index (χ3v) is 2.58. The van der Waals surface area contributed by atoms with Crippen LogP contribution in [0.25, 0.3) is 0 Å². The SMILES string of the molecule is CCOc1ccc(NC(=O)c2ccnc(N)c2F)cc1. The summed E-state index contributed by atoms with van der Waals surface area (Å²) >= 11 is 0. The number of halogens is 1. The summed E-state index contributed by atoms with van der Waals surface area (Å²) in [5.41, 5.74) is 5.71. The third-order valence-electron chi connectivity index (χ3n) is 2.58. The first-order valence-corrected chi connectivity index (χ1v) is 6.06. The third kappa shape index (κ3) is 3.03. The molecule has 0 fully saturated rings. The zero-order chi connectivity index (χ0) is 14.5. The van der Waals surface area contributed by atoms with Gasteiger partial charge in [-0.15, -0.1) is 0 Å². The summed E-state index contributed by atoms with van der Waals surface area (Å²) in [6.45, 7) is 2.44. The molecule has 0 atom stereocenters. The number of nitrogen functional groups attached to an aromatic ring is 1. The summed E-state index contributed by atoms with van der Waals surface area (Å²) in [7, 11) is 0. The van der Waals surface area contributed by atoms with Gasteiger partial charge < -0.3 is 15.8 Å². The molecule has 6 heteroatoms. The van der Waals surface area contributed by atoms with E-state index in [2.05, 4.69) is 10.3 Å². The van der Waals surface area contributed by atoms with Crippen molar-refractivity contribution in [2.75, 3.05) is 17.7 Å². The fourth-order valence-electron chi connectivity index (χ4n) is 1.63. The Balaban J connectivity index is 2.13. The monoisotopic (exact) mass is 275 g/mol. The lowest BCUT2D eigenvalue weighted by Gasteiger charge is -2.08. The number of pyridine rings is 1. The molecule has 1 aromatic carbocycles. The van der Waals surface area contributed by atoms with Crippen molar-refractivity contribution < 1.29 is 13.9 Å². The van der Waals surface area contributed by atoms with E-state index in [4.69, 9.17) is 10.5 Å². The van der Waals surface area contributed by atoms with E-state index in [0.29, 0.717) is 18.0 Å². The zero-order valence-electron chi connectivity index (χ0n) is 10.9. The number of nitrogens with zero attached hydrogens (tertiary/aromatic N) is 1. The molecule has 2 rings (SSSR count). The Hall–Kier alpha value is -2.63. The lowest BCUT2D eigenvalue weighted by Crippen LogP contribution is -2.15. The molecule has 1 amide bonds. The van der Waals surface area contributed by atoms with E-state index in [9.17, 15) is 9.18 Å². The van der Waals surface area contributed by atoms with Crippen LogP contribution in [-0.4, -0.2) is 17.5 Å². The number of carbonyl (C=O) groups excluding carboxylic acids is 1. The summed E-state index contributed by atoms with van der Waals surface area (Å²) in [6.07, 6.45) is 1.28. The molecule has 1 aromatic heterocycles. The number of carbonyl (C=O) groups is 1. The predicted molar refractivity (Wildman–Crippen MR) is 74.2 cm³/mol. The summed E-state index contributed by atoms with van der Waals surface area (Å²) < 4.78 is 18.9. The number of hydrogen-bond donors (Lipinski definition) is 2. The van der Waals surface area contributed by atoms with Crippen molar-refractivity contribution in [2.24, 2.45) is 0 Å². The van der Waals surface area contributed by atoms with Crippen molar-refractivity contribution in [3.63, 3.8) is 0 Å².